The van der Waals surface area contributed by atoms with Gasteiger partial charge in [-0.2, -0.15) is 0 Å². The maximum Gasteiger partial charge on any atom is 0.294 e. The van der Waals surface area contributed by atoms with Crippen LogP contribution in [0.3, 0.4) is 0 Å². The van der Waals surface area contributed by atoms with Gasteiger partial charge in [-0.05, 0) is 36.4 Å². The zero-order chi connectivity index (χ0) is 21.5. The van der Waals surface area contributed by atoms with E-state index in [1.54, 1.807) is 24.3 Å². The van der Waals surface area contributed by atoms with Gasteiger partial charge >= 0.3 is 0 Å². The maximum atomic E-state index is 12.6. The molecule has 0 radical (unpaired) electrons. The maximum absolute atomic E-state index is 12.6. The van der Waals surface area contributed by atoms with E-state index in [9.17, 15) is 9.59 Å². The average Bonchev–Trinajstić information content (AvgIpc) is 3.13. The van der Waals surface area contributed by atoms with E-state index in [0.717, 1.165) is 4.47 Å². The summed E-state index contributed by atoms with van der Waals surface area (Å²) in [6.45, 7) is 0. The van der Waals surface area contributed by atoms with Crippen molar-refractivity contribution in [2.75, 3.05) is 5.32 Å². The molecule has 0 aliphatic carbocycles. The predicted molar refractivity (Wildman–Crippen MR) is 120 cm³/mol. The van der Waals surface area contributed by atoms with E-state index in [1.807, 2.05) is 12.1 Å². The number of carbonyl (C=O) groups is 1. The van der Waals surface area contributed by atoms with Crippen LogP contribution in [0.1, 0.15) is 10.5 Å². The number of aromatic nitrogens is 4. The van der Waals surface area contributed by atoms with Gasteiger partial charge in [-0.1, -0.05) is 27.5 Å². The number of furan rings is 1. The Morgan fingerprint density at radius 3 is 2.81 bits per heavy atom. The molecule has 0 atom stereocenters. The normalized spacial score (nSPS) is 11.2. The summed E-state index contributed by atoms with van der Waals surface area (Å²) >= 11 is 9.86. The molecule has 0 aliphatic heterocycles. The van der Waals surface area contributed by atoms with Crippen LogP contribution in [-0.2, 0) is 0 Å². The van der Waals surface area contributed by atoms with Gasteiger partial charge in [0.15, 0.2) is 0 Å². The van der Waals surface area contributed by atoms with E-state index < -0.39 is 11.5 Å². The van der Waals surface area contributed by atoms with Crippen molar-refractivity contribution in [3.05, 3.63) is 80.5 Å². The summed E-state index contributed by atoms with van der Waals surface area (Å²) in [4.78, 5) is 40.0. The summed E-state index contributed by atoms with van der Waals surface area (Å²) in [6.07, 6.45) is 4.28. The number of hydrogen-bond acceptors (Lipinski definition) is 6. The van der Waals surface area contributed by atoms with E-state index in [4.69, 9.17) is 16.0 Å². The Hall–Kier alpha value is -3.56. The highest BCUT2D eigenvalue weighted by atomic mass is 79.9. The molecule has 0 aliphatic rings. The SMILES string of the molecule is O=C(Nc1ccc(-c2nc3c(oc4ccc(Br)cc43)c(=O)[nH]2)c(Cl)c1)c1cnccn1. The number of rotatable bonds is 3. The molecule has 0 saturated carbocycles. The molecule has 3 aromatic heterocycles. The first-order valence-corrected chi connectivity index (χ1v) is 10.2. The van der Waals surface area contributed by atoms with Crippen LogP contribution in [0, 0.1) is 0 Å². The van der Waals surface area contributed by atoms with Crippen LogP contribution in [-0.4, -0.2) is 25.8 Å². The predicted octanol–water partition coefficient (Wildman–Crippen LogP) is 4.79. The number of nitrogens with one attached hydrogen (secondary N) is 2. The molecule has 1 amide bonds. The lowest BCUT2D eigenvalue weighted by Gasteiger charge is -2.08. The first kappa shape index (κ1) is 19.4. The van der Waals surface area contributed by atoms with Crippen LogP contribution < -0.4 is 10.9 Å². The second-order valence-corrected chi connectivity index (χ2v) is 7.90. The number of H-pyrrole nitrogens is 1. The fourth-order valence-electron chi connectivity index (χ4n) is 3.15. The van der Waals surface area contributed by atoms with E-state index in [0.29, 0.717) is 32.8 Å². The molecular weight excluding hydrogens is 486 g/mol. The molecule has 0 unspecified atom stereocenters. The minimum Gasteiger partial charge on any atom is -0.449 e. The lowest BCUT2D eigenvalue weighted by Crippen LogP contribution is -2.13. The zero-order valence-corrected chi connectivity index (χ0v) is 17.9. The molecule has 0 fully saturated rings. The van der Waals surface area contributed by atoms with Crippen molar-refractivity contribution in [1.29, 1.82) is 0 Å². The summed E-state index contributed by atoms with van der Waals surface area (Å²) in [5.74, 6) is -0.128. The molecule has 0 bridgehead atoms. The first-order valence-electron chi connectivity index (χ1n) is 8.99. The number of anilines is 1. The quantitative estimate of drug-likeness (QED) is 0.371. The smallest absolute Gasteiger partial charge is 0.294 e. The largest absolute Gasteiger partial charge is 0.449 e. The van der Waals surface area contributed by atoms with Gasteiger partial charge in [0, 0.05) is 33.5 Å². The molecular formula is C21H11BrClN5O3. The molecule has 0 saturated heterocycles. The molecule has 2 aromatic carbocycles. The van der Waals surface area contributed by atoms with Crippen molar-refractivity contribution < 1.29 is 9.21 Å². The van der Waals surface area contributed by atoms with Gasteiger partial charge in [-0.25, -0.2) is 9.97 Å². The number of hydrogen-bond donors (Lipinski definition) is 2. The topological polar surface area (TPSA) is 114 Å². The highest BCUT2D eigenvalue weighted by molar-refractivity contribution is 9.10. The van der Waals surface area contributed by atoms with Crippen LogP contribution in [0.5, 0.6) is 0 Å². The lowest BCUT2D eigenvalue weighted by atomic mass is 10.1. The second kappa shape index (κ2) is 7.60. The van der Waals surface area contributed by atoms with Crippen LogP contribution in [0.2, 0.25) is 5.02 Å². The zero-order valence-electron chi connectivity index (χ0n) is 15.5. The highest BCUT2D eigenvalue weighted by Crippen LogP contribution is 2.32. The van der Waals surface area contributed by atoms with E-state index in [-0.39, 0.29) is 17.1 Å². The summed E-state index contributed by atoms with van der Waals surface area (Å²) < 4.78 is 6.49. The van der Waals surface area contributed by atoms with Crippen LogP contribution >= 0.6 is 27.5 Å². The van der Waals surface area contributed by atoms with Crippen LogP contribution in [0.15, 0.2) is 68.7 Å². The minimum absolute atomic E-state index is 0.140. The monoisotopic (exact) mass is 495 g/mol. The van der Waals surface area contributed by atoms with Gasteiger partial charge in [0.25, 0.3) is 11.5 Å². The Morgan fingerprint density at radius 1 is 1.16 bits per heavy atom. The van der Waals surface area contributed by atoms with E-state index in [2.05, 4.69) is 41.2 Å². The molecule has 8 nitrogen and oxygen atoms in total. The molecule has 10 heteroatoms. The van der Waals surface area contributed by atoms with Crippen molar-refractivity contribution >= 4 is 61.2 Å². The highest BCUT2D eigenvalue weighted by Gasteiger charge is 2.16. The van der Waals surface area contributed by atoms with Gasteiger partial charge in [0.05, 0.1) is 11.2 Å². The van der Waals surface area contributed by atoms with Gasteiger partial charge in [0.2, 0.25) is 5.58 Å². The Morgan fingerprint density at radius 2 is 2.03 bits per heavy atom. The third-order valence-corrected chi connectivity index (χ3v) is 5.37. The number of halogens is 2. The Bertz CT molecular complexity index is 1530. The minimum atomic E-state index is -0.416. The van der Waals surface area contributed by atoms with E-state index >= 15 is 0 Å². The summed E-state index contributed by atoms with van der Waals surface area (Å²) in [6, 6.07) is 10.3. The summed E-state index contributed by atoms with van der Waals surface area (Å²) in [5, 5.41) is 3.72. The lowest BCUT2D eigenvalue weighted by molar-refractivity contribution is 0.102. The van der Waals surface area contributed by atoms with Gasteiger partial charge in [-0.15, -0.1) is 0 Å². The van der Waals surface area contributed by atoms with Crippen molar-refractivity contribution in [2.45, 2.75) is 0 Å². The van der Waals surface area contributed by atoms with Crippen molar-refractivity contribution in [2.24, 2.45) is 0 Å². The molecule has 0 spiro atoms. The third kappa shape index (κ3) is 3.58. The fraction of sp³-hybridized carbons (Fsp3) is 0. The van der Waals surface area contributed by atoms with E-state index in [1.165, 1.54) is 18.6 Å². The molecule has 152 valence electrons. The average molecular weight is 497 g/mol. The fourth-order valence-corrected chi connectivity index (χ4v) is 3.78. The first-order chi connectivity index (χ1) is 15.0. The van der Waals surface area contributed by atoms with Gasteiger partial charge in [-0.3, -0.25) is 14.6 Å². The molecule has 2 N–H and O–H groups in total. The number of aromatic amines is 1. The number of nitrogens with zero attached hydrogens (tertiary/aromatic N) is 3. The Balaban J connectivity index is 1.54. The Labute approximate surface area is 187 Å². The number of fused-ring (bicyclic) bond motifs is 3. The standard InChI is InChI=1S/C21H11BrClN5O3/c22-10-1-4-16-13(7-10)17-18(31-16)21(30)28-19(27-17)12-3-2-11(8-14(12)23)26-20(29)15-9-24-5-6-25-15/h1-9H,(H,26,29)(H,27,28,30). The van der Waals surface area contributed by atoms with Crippen molar-refractivity contribution in [3.8, 4) is 11.4 Å². The molecule has 31 heavy (non-hydrogen) atoms. The van der Waals surface area contributed by atoms with Gasteiger partial charge < -0.3 is 14.7 Å². The third-order valence-electron chi connectivity index (χ3n) is 4.56. The summed E-state index contributed by atoms with van der Waals surface area (Å²) in [5.41, 5.74) is 1.86. The van der Waals surface area contributed by atoms with Gasteiger partial charge in [0.1, 0.15) is 22.6 Å². The van der Waals surface area contributed by atoms with Crippen LogP contribution in [0.25, 0.3) is 33.5 Å². The molecule has 5 aromatic rings. The van der Waals surface area contributed by atoms with Crippen LogP contribution in [0.4, 0.5) is 5.69 Å². The molecule has 3 heterocycles. The number of carbonyl (C=O) groups excluding carboxylic acids is 1. The number of amides is 1. The van der Waals surface area contributed by atoms with Crippen molar-refractivity contribution in [3.63, 3.8) is 0 Å². The molecule has 5 rings (SSSR count). The van der Waals surface area contributed by atoms with Crippen molar-refractivity contribution in [1.82, 2.24) is 19.9 Å². The Kier molecular flexibility index (Phi) is 4.76. The summed E-state index contributed by atoms with van der Waals surface area (Å²) in [7, 11) is 0. The second-order valence-electron chi connectivity index (χ2n) is 6.57. The number of benzene rings is 2.